The molecule has 20 heavy (non-hydrogen) atoms. The molecule has 8 heteroatoms. The van der Waals surface area contributed by atoms with Gasteiger partial charge in [-0.3, -0.25) is 4.57 Å². The molecular weight excluding hydrogens is 283 g/mol. The van der Waals surface area contributed by atoms with Crippen LogP contribution in [0.5, 0.6) is 0 Å². The summed E-state index contributed by atoms with van der Waals surface area (Å²) in [7, 11) is -1.81. The van der Waals surface area contributed by atoms with E-state index >= 15 is 0 Å². The molecule has 0 radical (unpaired) electrons. The summed E-state index contributed by atoms with van der Waals surface area (Å²) >= 11 is 0. The van der Waals surface area contributed by atoms with Gasteiger partial charge in [0.05, 0.1) is 0 Å². The topological polar surface area (TPSA) is 84.7 Å². The highest BCUT2D eigenvalue weighted by molar-refractivity contribution is 7.65. The first-order valence-corrected chi connectivity index (χ1v) is 7.60. The Morgan fingerprint density at radius 3 is 2.55 bits per heavy atom. The number of hydrogen-bond donors (Lipinski definition) is 1. The minimum Gasteiger partial charge on any atom is -0.444 e. The van der Waals surface area contributed by atoms with E-state index in [1.807, 2.05) is 23.5 Å². The van der Waals surface area contributed by atoms with Crippen molar-refractivity contribution in [3.8, 4) is 0 Å². The molecule has 0 aromatic heterocycles. The molecule has 1 aliphatic rings. The van der Waals surface area contributed by atoms with E-state index in [2.05, 4.69) is 0 Å². The van der Waals surface area contributed by atoms with Crippen LogP contribution in [0.15, 0.2) is 30.3 Å². The molecule has 1 aliphatic heterocycles. The van der Waals surface area contributed by atoms with Gasteiger partial charge in [-0.05, 0) is 12.5 Å². The molecule has 0 aliphatic carbocycles. The smallest absolute Gasteiger partial charge is 0.415 e. The number of alkyl carbamates (subject to hydrolysis) is 1. The van der Waals surface area contributed by atoms with Crippen LogP contribution in [-0.2, 0) is 20.4 Å². The maximum Gasteiger partial charge on any atom is 0.415 e. The van der Waals surface area contributed by atoms with Crippen molar-refractivity contribution in [2.45, 2.75) is 19.3 Å². The van der Waals surface area contributed by atoms with Crippen LogP contribution >= 0.6 is 7.52 Å². The molecule has 1 N–H and O–H groups in total. The standard InChI is InChI=1S/C12H15N2O5P/c1-9-14(20(9,17)18-2)11(15)13-12(16)19-8-10-6-4-3-5-7-10/h3-7,9H,8H2,1-2H3,(H,13,15,16)/t9-,14?,20?/m1/s1. The second-order valence-electron chi connectivity index (χ2n) is 4.22. The summed E-state index contributed by atoms with van der Waals surface area (Å²) in [6.07, 6.45) is -0.888. The third kappa shape index (κ3) is 2.84. The number of carbonyl (C=O) groups is 2. The summed E-state index contributed by atoms with van der Waals surface area (Å²) in [6, 6.07) is 8.28. The third-order valence-corrected chi connectivity index (χ3v) is 5.55. The van der Waals surface area contributed by atoms with Crippen LogP contribution in [0.25, 0.3) is 0 Å². The second kappa shape index (κ2) is 5.64. The van der Waals surface area contributed by atoms with E-state index in [4.69, 9.17) is 9.26 Å². The van der Waals surface area contributed by atoms with Crippen LogP contribution in [0.2, 0.25) is 0 Å². The minimum atomic E-state index is -3.07. The number of nitrogens with one attached hydrogen (secondary N) is 1. The Labute approximate surface area is 116 Å². The Balaban J connectivity index is 1.81. The van der Waals surface area contributed by atoms with Gasteiger partial charge in [0.2, 0.25) is 0 Å². The predicted octanol–water partition coefficient (Wildman–Crippen LogP) is 2.53. The van der Waals surface area contributed by atoms with Crippen molar-refractivity contribution in [2.24, 2.45) is 0 Å². The number of benzene rings is 1. The molecule has 2 atom stereocenters. The van der Waals surface area contributed by atoms with Crippen LogP contribution in [0.3, 0.4) is 0 Å². The fraction of sp³-hybridized carbons (Fsp3) is 0.333. The van der Waals surface area contributed by atoms with Crippen molar-refractivity contribution in [3.05, 3.63) is 35.9 Å². The molecule has 108 valence electrons. The number of ether oxygens (including phenoxy) is 1. The molecule has 1 unspecified atom stereocenters. The van der Waals surface area contributed by atoms with Crippen LogP contribution in [0.1, 0.15) is 12.5 Å². The first kappa shape index (κ1) is 14.6. The van der Waals surface area contributed by atoms with Crippen molar-refractivity contribution in [3.63, 3.8) is 0 Å². The molecule has 7 nitrogen and oxygen atoms in total. The lowest BCUT2D eigenvalue weighted by Crippen LogP contribution is -2.34. The number of urea groups is 1. The monoisotopic (exact) mass is 298 g/mol. The number of imide groups is 1. The molecule has 1 fully saturated rings. The molecule has 1 aromatic rings. The van der Waals surface area contributed by atoms with Crippen molar-refractivity contribution < 1.29 is 23.4 Å². The largest absolute Gasteiger partial charge is 0.444 e. The molecule has 0 spiro atoms. The minimum absolute atomic E-state index is 0.0530. The molecule has 1 saturated heterocycles. The fourth-order valence-electron chi connectivity index (χ4n) is 1.77. The Morgan fingerprint density at radius 1 is 1.35 bits per heavy atom. The maximum absolute atomic E-state index is 11.8. The zero-order valence-electron chi connectivity index (χ0n) is 11.1. The molecule has 1 heterocycles. The summed E-state index contributed by atoms with van der Waals surface area (Å²) < 4.78 is 22.5. The number of rotatable bonds is 3. The first-order valence-electron chi connectivity index (χ1n) is 5.96. The summed E-state index contributed by atoms with van der Waals surface area (Å²) in [5.74, 6) is -0.519. The number of carbonyl (C=O) groups excluding carboxylic acids is 2. The Morgan fingerprint density at radius 2 is 2.00 bits per heavy atom. The van der Waals surface area contributed by atoms with Gasteiger partial charge in [0.15, 0.2) is 0 Å². The van der Waals surface area contributed by atoms with Crippen molar-refractivity contribution in [1.82, 2.24) is 9.99 Å². The van der Waals surface area contributed by atoms with Crippen LogP contribution in [-0.4, -0.2) is 29.7 Å². The van der Waals surface area contributed by atoms with E-state index < -0.39 is 25.4 Å². The van der Waals surface area contributed by atoms with Crippen molar-refractivity contribution in [1.29, 1.82) is 0 Å². The summed E-state index contributed by atoms with van der Waals surface area (Å²) in [6.45, 7) is 1.64. The predicted molar refractivity (Wildman–Crippen MR) is 71.1 cm³/mol. The van der Waals surface area contributed by atoms with Gasteiger partial charge in [0, 0.05) is 7.11 Å². The van der Waals surface area contributed by atoms with Crippen LogP contribution in [0.4, 0.5) is 9.59 Å². The van der Waals surface area contributed by atoms with Crippen LogP contribution < -0.4 is 5.32 Å². The lowest BCUT2D eigenvalue weighted by molar-refractivity contribution is 0.139. The maximum atomic E-state index is 11.8. The van der Waals surface area contributed by atoms with E-state index in [-0.39, 0.29) is 6.61 Å². The van der Waals surface area contributed by atoms with E-state index in [1.54, 1.807) is 19.1 Å². The SMILES string of the molecule is COP1(=O)[C@H](C)N1C(=O)NC(=O)OCc1ccccc1. The average molecular weight is 298 g/mol. The van der Waals surface area contributed by atoms with Gasteiger partial charge in [-0.15, -0.1) is 0 Å². The Bertz CT molecular complexity index is 562. The van der Waals surface area contributed by atoms with Gasteiger partial charge < -0.3 is 9.26 Å². The summed E-state index contributed by atoms with van der Waals surface area (Å²) in [4.78, 5) is 23.1. The Kier molecular flexibility index (Phi) is 4.11. The molecule has 0 saturated carbocycles. The highest BCUT2D eigenvalue weighted by Crippen LogP contribution is 2.72. The van der Waals surface area contributed by atoms with Gasteiger partial charge in [0.1, 0.15) is 12.4 Å². The molecular formula is C12H15N2O5P. The van der Waals surface area contributed by atoms with Gasteiger partial charge >= 0.3 is 19.6 Å². The van der Waals surface area contributed by atoms with Gasteiger partial charge in [-0.25, -0.2) is 19.6 Å². The van der Waals surface area contributed by atoms with E-state index in [9.17, 15) is 14.2 Å². The van der Waals surface area contributed by atoms with Gasteiger partial charge in [0.25, 0.3) is 0 Å². The highest BCUT2D eigenvalue weighted by Gasteiger charge is 2.61. The summed E-state index contributed by atoms with van der Waals surface area (Å²) in [5.41, 5.74) is 0.803. The molecule has 3 amide bonds. The van der Waals surface area contributed by atoms with Crippen molar-refractivity contribution in [2.75, 3.05) is 7.11 Å². The Hall–Kier alpha value is -1.85. The van der Waals surface area contributed by atoms with E-state index in [0.717, 1.165) is 10.2 Å². The van der Waals surface area contributed by atoms with E-state index in [0.29, 0.717) is 0 Å². The second-order valence-corrected chi connectivity index (χ2v) is 6.89. The lowest BCUT2D eigenvalue weighted by atomic mass is 10.2. The normalized spacial score (nSPS) is 24.1. The zero-order chi connectivity index (χ0) is 14.8. The van der Waals surface area contributed by atoms with Gasteiger partial charge in [-0.1, -0.05) is 30.3 Å². The fourth-order valence-corrected chi connectivity index (χ4v) is 3.58. The van der Waals surface area contributed by atoms with Gasteiger partial charge in [-0.2, -0.15) is 0 Å². The average Bonchev–Trinajstić information content (AvgIpc) is 3.00. The molecule has 1 aromatic carbocycles. The lowest BCUT2D eigenvalue weighted by Gasteiger charge is -2.06. The molecule has 0 bridgehead atoms. The van der Waals surface area contributed by atoms with E-state index in [1.165, 1.54) is 7.11 Å². The first-order chi connectivity index (χ1) is 9.49. The number of amides is 3. The van der Waals surface area contributed by atoms with Crippen molar-refractivity contribution >= 4 is 19.6 Å². The third-order valence-electron chi connectivity index (χ3n) is 2.96. The quantitative estimate of drug-likeness (QED) is 0.684. The number of hydrogen-bond acceptors (Lipinski definition) is 5. The summed E-state index contributed by atoms with van der Waals surface area (Å²) in [5, 5.41) is 2.01. The number of nitrogens with zero attached hydrogens (tertiary/aromatic N) is 1. The highest BCUT2D eigenvalue weighted by atomic mass is 31.2. The zero-order valence-corrected chi connectivity index (χ0v) is 12.0. The molecule has 2 rings (SSSR count). The van der Waals surface area contributed by atoms with Crippen LogP contribution in [0, 0.1) is 0 Å².